The SMILES string of the molecule is CCN(CCNC(=O)CSCc1nc(-c2ccc(OC)cc2)oc1C)c1ccccc1. The molecule has 1 heterocycles. The van der Waals surface area contributed by atoms with Gasteiger partial charge in [-0.05, 0) is 50.2 Å². The summed E-state index contributed by atoms with van der Waals surface area (Å²) in [5, 5.41) is 3.00. The quantitative estimate of drug-likeness (QED) is 0.473. The first-order valence-electron chi connectivity index (χ1n) is 10.4. The number of benzene rings is 2. The highest BCUT2D eigenvalue weighted by Gasteiger charge is 2.13. The third-order valence-electron chi connectivity index (χ3n) is 4.91. The lowest BCUT2D eigenvalue weighted by atomic mass is 10.2. The molecule has 0 fully saturated rings. The van der Waals surface area contributed by atoms with E-state index in [9.17, 15) is 4.79 Å². The highest BCUT2D eigenvalue weighted by atomic mass is 32.2. The van der Waals surface area contributed by atoms with Crippen molar-refractivity contribution in [3.63, 3.8) is 0 Å². The highest BCUT2D eigenvalue weighted by molar-refractivity contribution is 7.99. The maximum atomic E-state index is 12.2. The van der Waals surface area contributed by atoms with Crippen molar-refractivity contribution < 1.29 is 13.9 Å². The fourth-order valence-electron chi connectivity index (χ4n) is 3.15. The number of hydrogen-bond donors (Lipinski definition) is 1. The van der Waals surface area contributed by atoms with Gasteiger partial charge < -0.3 is 19.4 Å². The molecule has 7 heteroatoms. The molecule has 0 atom stereocenters. The Kier molecular flexibility index (Phi) is 8.41. The van der Waals surface area contributed by atoms with E-state index in [4.69, 9.17) is 9.15 Å². The summed E-state index contributed by atoms with van der Waals surface area (Å²) in [6.07, 6.45) is 0. The van der Waals surface area contributed by atoms with E-state index in [0.717, 1.165) is 35.9 Å². The summed E-state index contributed by atoms with van der Waals surface area (Å²) in [4.78, 5) is 19.0. The zero-order chi connectivity index (χ0) is 22.1. The molecule has 0 radical (unpaired) electrons. The lowest BCUT2D eigenvalue weighted by Gasteiger charge is -2.23. The van der Waals surface area contributed by atoms with E-state index in [-0.39, 0.29) is 5.91 Å². The number of para-hydroxylation sites is 1. The van der Waals surface area contributed by atoms with E-state index in [1.54, 1.807) is 7.11 Å². The van der Waals surface area contributed by atoms with Crippen LogP contribution >= 0.6 is 11.8 Å². The zero-order valence-corrected chi connectivity index (χ0v) is 19.1. The van der Waals surface area contributed by atoms with Crippen LogP contribution in [0.1, 0.15) is 18.4 Å². The number of oxazole rings is 1. The van der Waals surface area contributed by atoms with Crippen molar-refractivity contribution in [2.75, 3.05) is 37.4 Å². The molecule has 0 aliphatic heterocycles. The molecule has 0 aliphatic rings. The molecule has 0 saturated heterocycles. The minimum Gasteiger partial charge on any atom is -0.497 e. The van der Waals surface area contributed by atoms with Crippen molar-refractivity contribution in [3.8, 4) is 17.2 Å². The van der Waals surface area contributed by atoms with Gasteiger partial charge in [0.1, 0.15) is 11.5 Å². The van der Waals surface area contributed by atoms with Crippen LogP contribution in [0, 0.1) is 6.92 Å². The molecule has 31 heavy (non-hydrogen) atoms. The van der Waals surface area contributed by atoms with Gasteiger partial charge in [-0.3, -0.25) is 4.79 Å². The number of nitrogens with one attached hydrogen (secondary N) is 1. The van der Waals surface area contributed by atoms with Crippen LogP contribution in [0.15, 0.2) is 59.0 Å². The van der Waals surface area contributed by atoms with Gasteiger partial charge >= 0.3 is 0 Å². The average molecular weight is 440 g/mol. The standard InChI is InChI=1S/C24H29N3O3S/c1-4-27(20-8-6-5-7-9-20)15-14-25-23(28)17-31-16-22-18(2)30-24(26-22)19-10-12-21(29-3)13-11-19/h5-13H,4,14-17H2,1-3H3,(H,25,28). The minimum atomic E-state index is 0.0330. The number of carbonyl (C=O) groups is 1. The second-order valence-corrected chi connectivity index (χ2v) is 7.99. The monoisotopic (exact) mass is 439 g/mol. The maximum absolute atomic E-state index is 12.2. The van der Waals surface area contributed by atoms with E-state index in [2.05, 4.69) is 34.3 Å². The second-order valence-electron chi connectivity index (χ2n) is 7.01. The molecule has 6 nitrogen and oxygen atoms in total. The summed E-state index contributed by atoms with van der Waals surface area (Å²) in [6, 6.07) is 17.8. The van der Waals surface area contributed by atoms with E-state index in [1.165, 1.54) is 17.4 Å². The topological polar surface area (TPSA) is 67.6 Å². The first kappa shape index (κ1) is 22.7. The highest BCUT2D eigenvalue weighted by Crippen LogP contribution is 2.25. The summed E-state index contributed by atoms with van der Waals surface area (Å²) in [5.41, 5.74) is 2.93. The number of anilines is 1. The van der Waals surface area contributed by atoms with Gasteiger partial charge in [-0.15, -0.1) is 11.8 Å². The summed E-state index contributed by atoms with van der Waals surface area (Å²) in [7, 11) is 1.64. The molecule has 164 valence electrons. The van der Waals surface area contributed by atoms with Gasteiger partial charge in [0.15, 0.2) is 0 Å². The van der Waals surface area contributed by atoms with Gasteiger partial charge in [-0.1, -0.05) is 18.2 Å². The van der Waals surface area contributed by atoms with Crippen molar-refractivity contribution in [3.05, 3.63) is 66.1 Å². The molecule has 3 aromatic rings. The van der Waals surface area contributed by atoms with Crippen LogP contribution in [-0.4, -0.2) is 43.4 Å². The zero-order valence-electron chi connectivity index (χ0n) is 18.3. The Bertz CT molecular complexity index is 958. The van der Waals surface area contributed by atoms with Crippen LogP contribution in [0.4, 0.5) is 5.69 Å². The third-order valence-corrected chi connectivity index (χ3v) is 5.85. The Labute approximate surface area is 188 Å². The number of aryl methyl sites for hydroxylation is 1. The number of carbonyl (C=O) groups excluding carboxylic acids is 1. The van der Waals surface area contributed by atoms with Crippen LogP contribution in [0.25, 0.3) is 11.5 Å². The number of methoxy groups -OCH3 is 1. The lowest BCUT2D eigenvalue weighted by Crippen LogP contribution is -2.35. The average Bonchev–Trinajstić information content (AvgIpc) is 3.18. The molecule has 1 amide bonds. The summed E-state index contributed by atoms with van der Waals surface area (Å²) >= 11 is 1.54. The third kappa shape index (κ3) is 6.52. The molecule has 1 aromatic heterocycles. The number of thioether (sulfide) groups is 1. The molecule has 0 bridgehead atoms. The van der Waals surface area contributed by atoms with E-state index in [0.29, 0.717) is 23.9 Å². The van der Waals surface area contributed by atoms with E-state index >= 15 is 0 Å². The number of rotatable bonds is 11. The molecule has 3 rings (SSSR count). The lowest BCUT2D eigenvalue weighted by molar-refractivity contribution is -0.118. The fraction of sp³-hybridized carbons (Fsp3) is 0.333. The Hall–Kier alpha value is -2.93. The molecular weight excluding hydrogens is 410 g/mol. The Balaban J connectivity index is 1.42. The molecular formula is C24H29N3O3S. The second kappa shape index (κ2) is 11.5. The summed E-state index contributed by atoms with van der Waals surface area (Å²) in [6.45, 7) is 6.32. The first-order valence-corrected chi connectivity index (χ1v) is 11.5. The number of amides is 1. The molecule has 2 aromatic carbocycles. The summed E-state index contributed by atoms with van der Waals surface area (Å²) in [5.74, 6) is 3.21. The molecule has 0 saturated carbocycles. The minimum absolute atomic E-state index is 0.0330. The van der Waals surface area contributed by atoms with Gasteiger partial charge in [0.05, 0.1) is 18.6 Å². The van der Waals surface area contributed by atoms with Crippen LogP contribution < -0.4 is 15.0 Å². The predicted molar refractivity (Wildman–Crippen MR) is 127 cm³/mol. The first-order chi connectivity index (χ1) is 15.1. The van der Waals surface area contributed by atoms with E-state index < -0.39 is 0 Å². The van der Waals surface area contributed by atoms with Crippen molar-refractivity contribution in [1.82, 2.24) is 10.3 Å². The van der Waals surface area contributed by atoms with Gasteiger partial charge in [0.2, 0.25) is 11.8 Å². The van der Waals surface area contributed by atoms with Crippen LogP contribution in [0.2, 0.25) is 0 Å². The number of nitrogens with zero attached hydrogens (tertiary/aromatic N) is 2. The van der Waals surface area contributed by atoms with Crippen molar-refractivity contribution in [1.29, 1.82) is 0 Å². The van der Waals surface area contributed by atoms with Gasteiger partial charge in [-0.2, -0.15) is 0 Å². The number of likely N-dealkylation sites (N-methyl/N-ethyl adjacent to an activating group) is 1. The Morgan fingerprint density at radius 1 is 1.16 bits per heavy atom. The number of hydrogen-bond acceptors (Lipinski definition) is 6. The molecule has 1 N–H and O–H groups in total. The van der Waals surface area contributed by atoms with Crippen molar-refractivity contribution >= 4 is 23.4 Å². The van der Waals surface area contributed by atoms with Crippen LogP contribution in [0.3, 0.4) is 0 Å². The number of aromatic nitrogens is 1. The number of ether oxygens (including phenoxy) is 1. The van der Waals surface area contributed by atoms with Crippen LogP contribution in [-0.2, 0) is 10.5 Å². The normalized spacial score (nSPS) is 10.7. The van der Waals surface area contributed by atoms with Gasteiger partial charge in [0.25, 0.3) is 0 Å². The van der Waals surface area contributed by atoms with Crippen molar-refractivity contribution in [2.24, 2.45) is 0 Å². The Morgan fingerprint density at radius 2 is 1.90 bits per heavy atom. The molecule has 0 aliphatic carbocycles. The fourth-order valence-corrected chi connectivity index (χ4v) is 4.00. The van der Waals surface area contributed by atoms with E-state index in [1.807, 2.05) is 49.4 Å². The molecule has 0 spiro atoms. The van der Waals surface area contributed by atoms with Gasteiger partial charge in [-0.25, -0.2) is 4.98 Å². The van der Waals surface area contributed by atoms with Gasteiger partial charge in [0, 0.05) is 36.6 Å². The van der Waals surface area contributed by atoms with Crippen molar-refractivity contribution in [2.45, 2.75) is 19.6 Å². The largest absolute Gasteiger partial charge is 0.497 e. The van der Waals surface area contributed by atoms with Crippen LogP contribution in [0.5, 0.6) is 5.75 Å². The maximum Gasteiger partial charge on any atom is 0.230 e. The molecule has 0 unspecified atom stereocenters. The predicted octanol–water partition coefficient (Wildman–Crippen LogP) is 4.53. The summed E-state index contributed by atoms with van der Waals surface area (Å²) < 4.78 is 11.0. The Morgan fingerprint density at radius 3 is 2.58 bits per heavy atom. The smallest absolute Gasteiger partial charge is 0.230 e.